The van der Waals surface area contributed by atoms with Crippen molar-refractivity contribution in [2.75, 3.05) is 32.5 Å². The average Bonchev–Trinajstić information content (AvgIpc) is 2.18. The fourth-order valence-corrected chi connectivity index (χ4v) is 1.06. The van der Waals surface area contributed by atoms with Crippen molar-refractivity contribution in [1.82, 2.24) is 9.88 Å². The van der Waals surface area contributed by atoms with Crippen molar-refractivity contribution in [3.05, 3.63) is 23.9 Å². The third kappa shape index (κ3) is 5.34. The van der Waals surface area contributed by atoms with Gasteiger partial charge in [0.1, 0.15) is 5.82 Å². The van der Waals surface area contributed by atoms with Crippen LogP contribution in [-0.2, 0) is 6.54 Å². The van der Waals surface area contributed by atoms with Gasteiger partial charge in [0.15, 0.2) is 0 Å². The molecule has 86 valence electrons. The largest absolute Gasteiger partial charge is 0.369 e. The van der Waals surface area contributed by atoms with E-state index in [0.29, 0.717) is 6.54 Å². The minimum Gasteiger partial charge on any atom is -0.369 e. The third-order valence-corrected chi connectivity index (χ3v) is 1.93. The standard InChI is InChI=1S/C10H18N4.CH4/c1-14(2)6-5-12-10-4-3-9(7-11)8-13-10;/h3-4,8H,5-7,11H2,1-2H3,(H,12,13);1H4. The number of hydrogen-bond acceptors (Lipinski definition) is 4. The van der Waals surface area contributed by atoms with Gasteiger partial charge in [-0.25, -0.2) is 4.98 Å². The molecule has 0 atom stereocenters. The first kappa shape index (κ1) is 13.9. The first-order chi connectivity index (χ1) is 6.72. The molecular weight excluding hydrogens is 188 g/mol. The Hall–Kier alpha value is -1.13. The van der Waals surface area contributed by atoms with Gasteiger partial charge in [-0.3, -0.25) is 0 Å². The molecule has 1 aromatic rings. The van der Waals surface area contributed by atoms with Gasteiger partial charge in [0.05, 0.1) is 0 Å². The SMILES string of the molecule is C.CN(C)CCNc1ccc(CN)cn1. The molecule has 0 aliphatic heterocycles. The summed E-state index contributed by atoms with van der Waals surface area (Å²) < 4.78 is 0. The summed E-state index contributed by atoms with van der Waals surface area (Å²) in [6, 6.07) is 3.95. The molecule has 1 rings (SSSR count). The number of pyridine rings is 1. The lowest BCUT2D eigenvalue weighted by Gasteiger charge is -2.10. The van der Waals surface area contributed by atoms with Crippen LogP contribution in [0.25, 0.3) is 0 Å². The molecule has 1 heterocycles. The Morgan fingerprint density at radius 2 is 2.13 bits per heavy atom. The molecular formula is C11H22N4. The van der Waals surface area contributed by atoms with Crippen LogP contribution in [0.3, 0.4) is 0 Å². The van der Waals surface area contributed by atoms with E-state index in [9.17, 15) is 0 Å². The first-order valence-corrected chi connectivity index (χ1v) is 4.76. The maximum atomic E-state index is 5.47. The smallest absolute Gasteiger partial charge is 0.125 e. The third-order valence-electron chi connectivity index (χ3n) is 1.93. The van der Waals surface area contributed by atoms with E-state index >= 15 is 0 Å². The minimum absolute atomic E-state index is 0. The van der Waals surface area contributed by atoms with E-state index in [1.165, 1.54) is 0 Å². The Bertz CT molecular complexity index is 256. The van der Waals surface area contributed by atoms with Gasteiger partial charge < -0.3 is 16.0 Å². The molecule has 0 amide bonds. The summed E-state index contributed by atoms with van der Waals surface area (Å²) in [5, 5.41) is 3.23. The topological polar surface area (TPSA) is 54.2 Å². The Labute approximate surface area is 92.5 Å². The van der Waals surface area contributed by atoms with E-state index in [1.54, 1.807) is 6.20 Å². The first-order valence-electron chi connectivity index (χ1n) is 4.76. The highest BCUT2D eigenvalue weighted by molar-refractivity contribution is 5.35. The summed E-state index contributed by atoms with van der Waals surface area (Å²) in [6.07, 6.45) is 1.80. The normalized spacial score (nSPS) is 9.87. The zero-order valence-electron chi connectivity index (χ0n) is 8.83. The highest BCUT2D eigenvalue weighted by atomic mass is 15.1. The predicted molar refractivity (Wildman–Crippen MR) is 65.9 cm³/mol. The number of rotatable bonds is 5. The van der Waals surface area contributed by atoms with E-state index in [0.717, 1.165) is 24.5 Å². The van der Waals surface area contributed by atoms with E-state index in [2.05, 4.69) is 15.2 Å². The van der Waals surface area contributed by atoms with Gasteiger partial charge in [-0.1, -0.05) is 13.5 Å². The van der Waals surface area contributed by atoms with E-state index < -0.39 is 0 Å². The van der Waals surface area contributed by atoms with Crippen LogP contribution in [0.4, 0.5) is 5.82 Å². The fourth-order valence-electron chi connectivity index (χ4n) is 1.06. The van der Waals surface area contributed by atoms with Crippen molar-refractivity contribution < 1.29 is 0 Å². The molecule has 15 heavy (non-hydrogen) atoms. The van der Waals surface area contributed by atoms with Crippen molar-refractivity contribution in [1.29, 1.82) is 0 Å². The molecule has 0 aliphatic carbocycles. The van der Waals surface area contributed by atoms with Gasteiger partial charge in [-0.15, -0.1) is 0 Å². The lowest BCUT2D eigenvalue weighted by Crippen LogP contribution is -2.21. The predicted octanol–water partition coefficient (Wildman–Crippen LogP) is 1.15. The van der Waals surface area contributed by atoms with Crippen LogP contribution in [0.2, 0.25) is 0 Å². The number of nitrogens with one attached hydrogen (secondary N) is 1. The van der Waals surface area contributed by atoms with Crippen LogP contribution in [0.15, 0.2) is 18.3 Å². The second kappa shape index (κ2) is 7.20. The number of hydrogen-bond donors (Lipinski definition) is 2. The molecule has 0 fully saturated rings. The molecule has 4 nitrogen and oxygen atoms in total. The number of nitrogens with zero attached hydrogens (tertiary/aromatic N) is 2. The van der Waals surface area contributed by atoms with E-state index in [1.807, 2.05) is 26.2 Å². The van der Waals surface area contributed by atoms with Gasteiger partial charge in [0, 0.05) is 25.8 Å². The van der Waals surface area contributed by atoms with Crippen LogP contribution < -0.4 is 11.1 Å². The van der Waals surface area contributed by atoms with Crippen LogP contribution in [0.1, 0.15) is 13.0 Å². The molecule has 0 radical (unpaired) electrons. The monoisotopic (exact) mass is 210 g/mol. The second-order valence-electron chi connectivity index (χ2n) is 3.49. The molecule has 3 N–H and O–H groups in total. The van der Waals surface area contributed by atoms with Gasteiger partial charge in [0.25, 0.3) is 0 Å². The van der Waals surface area contributed by atoms with Gasteiger partial charge >= 0.3 is 0 Å². The van der Waals surface area contributed by atoms with Crippen LogP contribution in [0.5, 0.6) is 0 Å². The Morgan fingerprint density at radius 3 is 2.60 bits per heavy atom. The maximum Gasteiger partial charge on any atom is 0.125 e. The lowest BCUT2D eigenvalue weighted by atomic mass is 10.3. The van der Waals surface area contributed by atoms with Crippen molar-refractivity contribution in [3.8, 4) is 0 Å². The van der Waals surface area contributed by atoms with Crippen molar-refractivity contribution in [2.24, 2.45) is 5.73 Å². The number of anilines is 1. The van der Waals surface area contributed by atoms with Crippen LogP contribution in [-0.4, -0.2) is 37.1 Å². The molecule has 4 heteroatoms. The molecule has 1 aromatic heterocycles. The molecule has 0 unspecified atom stereocenters. The number of likely N-dealkylation sites (N-methyl/N-ethyl adjacent to an activating group) is 1. The highest BCUT2D eigenvalue weighted by Crippen LogP contribution is 2.03. The number of aromatic nitrogens is 1. The van der Waals surface area contributed by atoms with E-state index in [4.69, 9.17) is 5.73 Å². The van der Waals surface area contributed by atoms with Crippen molar-refractivity contribution in [2.45, 2.75) is 14.0 Å². The Kier molecular flexibility index (Phi) is 6.66. The summed E-state index contributed by atoms with van der Waals surface area (Å²) in [7, 11) is 4.10. The molecule has 0 spiro atoms. The van der Waals surface area contributed by atoms with Gasteiger partial charge in [0.2, 0.25) is 0 Å². The van der Waals surface area contributed by atoms with E-state index in [-0.39, 0.29) is 7.43 Å². The van der Waals surface area contributed by atoms with Gasteiger partial charge in [-0.2, -0.15) is 0 Å². The average molecular weight is 210 g/mol. The molecule has 0 bridgehead atoms. The lowest BCUT2D eigenvalue weighted by molar-refractivity contribution is 0.425. The van der Waals surface area contributed by atoms with Crippen molar-refractivity contribution >= 4 is 5.82 Å². The Balaban J connectivity index is 0.00000196. The molecule has 0 saturated carbocycles. The zero-order valence-corrected chi connectivity index (χ0v) is 8.83. The molecule has 0 aliphatic rings. The summed E-state index contributed by atoms with van der Waals surface area (Å²) >= 11 is 0. The second-order valence-corrected chi connectivity index (χ2v) is 3.49. The zero-order chi connectivity index (χ0) is 10.4. The van der Waals surface area contributed by atoms with Crippen LogP contribution in [0, 0.1) is 0 Å². The van der Waals surface area contributed by atoms with Crippen molar-refractivity contribution in [3.63, 3.8) is 0 Å². The van der Waals surface area contributed by atoms with Crippen LogP contribution >= 0.6 is 0 Å². The quantitative estimate of drug-likeness (QED) is 0.765. The summed E-state index contributed by atoms with van der Waals surface area (Å²) in [4.78, 5) is 6.36. The minimum atomic E-state index is 0. The molecule has 0 aromatic carbocycles. The Morgan fingerprint density at radius 1 is 1.40 bits per heavy atom. The highest BCUT2D eigenvalue weighted by Gasteiger charge is 1.94. The fraction of sp³-hybridized carbons (Fsp3) is 0.545. The number of nitrogens with two attached hydrogens (primary N) is 1. The van der Waals surface area contributed by atoms with Gasteiger partial charge in [-0.05, 0) is 25.7 Å². The summed E-state index contributed by atoms with van der Waals surface area (Å²) in [5.74, 6) is 0.907. The summed E-state index contributed by atoms with van der Waals surface area (Å²) in [5.41, 5.74) is 6.53. The maximum absolute atomic E-state index is 5.47. The molecule has 0 saturated heterocycles. The summed E-state index contributed by atoms with van der Waals surface area (Å²) in [6.45, 7) is 2.45.